The maximum Gasteiger partial charge on any atom is 0.253 e. The number of hydrogen-bond donors (Lipinski definition) is 2. The first-order valence-electron chi connectivity index (χ1n) is 8.28. The SMILES string of the molecule is CN(C)C(=O)c1cccc(NC(=O)CN2CCC(N)C(C)(C)C2)c1.Cl. The van der Waals surface area contributed by atoms with Gasteiger partial charge in [-0.25, -0.2) is 0 Å². The Morgan fingerprint density at radius 3 is 2.64 bits per heavy atom. The Labute approximate surface area is 156 Å². The maximum atomic E-state index is 12.3. The topological polar surface area (TPSA) is 78.7 Å². The number of rotatable bonds is 4. The van der Waals surface area contributed by atoms with Crippen LogP contribution in [0, 0.1) is 5.41 Å². The molecule has 7 heteroatoms. The van der Waals surface area contributed by atoms with Crippen molar-refractivity contribution in [2.45, 2.75) is 26.3 Å². The number of likely N-dealkylation sites (tertiary alicyclic amines) is 1. The molecule has 0 saturated carbocycles. The predicted molar refractivity (Wildman–Crippen MR) is 103 cm³/mol. The summed E-state index contributed by atoms with van der Waals surface area (Å²) in [5, 5.41) is 2.88. The second-order valence-corrected chi connectivity index (χ2v) is 7.42. The number of carbonyl (C=O) groups excluding carboxylic acids is 2. The number of anilines is 1. The minimum atomic E-state index is -0.0853. The van der Waals surface area contributed by atoms with Gasteiger partial charge in [-0.15, -0.1) is 12.4 Å². The van der Waals surface area contributed by atoms with Gasteiger partial charge in [0.15, 0.2) is 0 Å². The maximum absolute atomic E-state index is 12.3. The molecule has 1 atom stereocenters. The van der Waals surface area contributed by atoms with Gasteiger partial charge in [0.1, 0.15) is 0 Å². The summed E-state index contributed by atoms with van der Waals surface area (Å²) in [5.74, 6) is -0.159. The number of piperidine rings is 1. The summed E-state index contributed by atoms with van der Waals surface area (Å²) >= 11 is 0. The fraction of sp³-hybridized carbons (Fsp3) is 0.556. The number of nitrogens with two attached hydrogens (primary N) is 1. The molecule has 0 bridgehead atoms. The van der Waals surface area contributed by atoms with E-state index in [4.69, 9.17) is 5.73 Å². The van der Waals surface area contributed by atoms with Crippen molar-refractivity contribution in [2.75, 3.05) is 39.0 Å². The normalized spacial score (nSPS) is 19.6. The molecule has 1 saturated heterocycles. The number of hydrogen-bond acceptors (Lipinski definition) is 4. The second-order valence-electron chi connectivity index (χ2n) is 7.42. The predicted octanol–water partition coefficient (Wildman–Crippen LogP) is 1.81. The van der Waals surface area contributed by atoms with E-state index in [0.29, 0.717) is 17.8 Å². The molecule has 140 valence electrons. The Bertz CT molecular complexity index is 619. The lowest BCUT2D eigenvalue weighted by atomic mass is 9.80. The first-order chi connectivity index (χ1) is 11.2. The summed E-state index contributed by atoms with van der Waals surface area (Å²) in [6.45, 7) is 6.25. The van der Waals surface area contributed by atoms with E-state index < -0.39 is 0 Å². The Hall–Kier alpha value is -1.63. The minimum absolute atomic E-state index is 0. The molecular weight excluding hydrogens is 340 g/mol. The van der Waals surface area contributed by atoms with E-state index in [2.05, 4.69) is 24.1 Å². The third-order valence-corrected chi connectivity index (χ3v) is 4.56. The van der Waals surface area contributed by atoms with Gasteiger partial charge in [0.2, 0.25) is 5.91 Å². The number of benzene rings is 1. The quantitative estimate of drug-likeness (QED) is 0.849. The minimum Gasteiger partial charge on any atom is -0.345 e. The summed E-state index contributed by atoms with van der Waals surface area (Å²) in [6.07, 6.45) is 0.896. The van der Waals surface area contributed by atoms with Gasteiger partial charge in [-0.1, -0.05) is 19.9 Å². The number of nitrogens with one attached hydrogen (secondary N) is 1. The second kappa shape index (κ2) is 8.65. The van der Waals surface area contributed by atoms with Crippen LogP contribution < -0.4 is 11.1 Å². The molecule has 0 spiro atoms. The lowest BCUT2D eigenvalue weighted by Gasteiger charge is -2.42. The molecule has 1 fully saturated rings. The van der Waals surface area contributed by atoms with E-state index in [0.717, 1.165) is 19.5 Å². The Kier molecular flexibility index (Phi) is 7.41. The molecule has 1 unspecified atom stereocenters. The largest absolute Gasteiger partial charge is 0.345 e. The number of carbonyl (C=O) groups is 2. The van der Waals surface area contributed by atoms with Crippen LogP contribution in [0.3, 0.4) is 0 Å². The van der Waals surface area contributed by atoms with Crippen LogP contribution in [0.1, 0.15) is 30.6 Å². The number of amides is 2. The van der Waals surface area contributed by atoms with E-state index >= 15 is 0 Å². The van der Waals surface area contributed by atoms with Crippen LogP contribution in [-0.2, 0) is 4.79 Å². The lowest BCUT2D eigenvalue weighted by molar-refractivity contribution is -0.118. The molecule has 2 rings (SSSR count). The van der Waals surface area contributed by atoms with Crippen molar-refractivity contribution in [1.82, 2.24) is 9.80 Å². The highest BCUT2D eigenvalue weighted by atomic mass is 35.5. The summed E-state index contributed by atoms with van der Waals surface area (Å²) in [6, 6.07) is 7.18. The molecule has 0 aliphatic carbocycles. The standard InChI is InChI=1S/C18H28N4O2.ClH/c1-18(2)12-22(9-8-15(18)19)11-16(23)20-14-7-5-6-13(10-14)17(24)21(3)4;/h5-7,10,15H,8-9,11-12,19H2,1-4H3,(H,20,23);1H. The van der Waals surface area contributed by atoms with E-state index in [-0.39, 0.29) is 35.7 Å². The zero-order valence-electron chi connectivity index (χ0n) is 15.4. The van der Waals surface area contributed by atoms with Crippen LogP contribution in [0.25, 0.3) is 0 Å². The molecule has 1 aromatic carbocycles. The van der Waals surface area contributed by atoms with Crippen LogP contribution in [0.5, 0.6) is 0 Å². The van der Waals surface area contributed by atoms with E-state index in [1.807, 2.05) is 0 Å². The summed E-state index contributed by atoms with van der Waals surface area (Å²) in [5.41, 5.74) is 7.34. The van der Waals surface area contributed by atoms with Gasteiger partial charge in [0.25, 0.3) is 5.91 Å². The molecular formula is C18H29ClN4O2. The van der Waals surface area contributed by atoms with Crippen LogP contribution in [0.15, 0.2) is 24.3 Å². The van der Waals surface area contributed by atoms with Crippen molar-refractivity contribution in [3.63, 3.8) is 0 Å². The highest BCUT2D eigenvalue weighted by molar-refractivity contribution is 5.97. The molecule has 25 heavy (non-hydrogen) atoms. The highest BCUT2D eigenvalue weighted by Crippen LogP contribution is 2.27. The van der Waals surface area contributed by atoms with E-state index in [1.165, 1.54) is 4.90 Å². The fourth-order valence-corrected chi connectivity index (χ4v) is 3.01. The van der Waals surface area contributed by atoms with Gasteiger partial charge in [-0.3, -0.25) is 14.5 Å². The first-order valence-corrected chi connectivity index (χ1v) is 8.28. The molecule has 0 radical (unpaired) electrons. The summed E-state index contributed by atoms with van der Waals surface area (Å²) in [7, 11) is 3.41. The van der Waals surface area contributed by atoms with Crippen molar-refractivity contribution >= 4 is 29.9 Å². The number of nitrogens with zero attached hydrogens (tertiary/aromatic N) is 2. The summed E-state index contributed by atoms with van der Waals surface area (Å²) < 4.78 is 0. The molecule has 3 N–H and O–H groups in total. The van der Waals surface area contributed by atoms with Crippen molar-refractivity contribution in [1.29, 1.82) is 0 Å². The molecule has 6 nitrogen and oxygen atoms in total. The highest BCUT2D eigenvalue weighted by Gasteiger charge is 2.33. The van der Waals surface area contributed by atoms with E-state index in [9.17, 15) is 9.59 Å². The van der Waals surface area contributed by atoms with Gasteiger partial charge in [0, 0.05) is 44.5 Å². The smallest absolute Gasteiger partial charge is 0.253 e. The fourth-order valence-electron chi connectivity index (χ4n) is 3.01. The Balaban J connectivity index is 0.00000312. The van der Waals surface area contributed by atoms with Gasteiger partial charge in [-0.05, 0) is 30.0 Å². The molecule has 1 aliphatic heterocycles. The monoisotopic (exact) mass is 368 g/mol. The Morgan fingerprint density at radius 1 is 1.36 bits per heavy atom. The van der Waals surface area contributed by atoms with Crippen LogP contribution >= 0.6 is 12.4 Å². The van der Waals surface area contributed by atoms with Gasteiger partial charge in [0.05, 0.1) is 6.54 Å². The van der Waals surface area contributed by atoms with Crippen LogP contribution in [0.4, 0.5) is 5.69 Å². The van der Waals surface area contributed by atoms with Gasteiger partial charge in [-0.2, -0.15) is 0 Å². The zero-order chi connectivity index (χ0) is 17.9. The number of halogens is 1. The average molecular weight is 369 g/mol. The van der Waals surface area contributed by atoms with Crippen molar-refractivity contribution in [3.05, 3.63) is 29.8 Å². The molecule has 1 heterocycles. The first kappa shape index (κ1) is 21.4. The van der Waals surface area contributed by atoms with Crippen molar-refractivity contribution in [3.8, 4) is 0 Å². The van der Waals surface area contributed by atoms with Crippen LogP contribution in [0.2, 0.25) is 0 Å². The lowest BCUT2D eigenvalue weighted by Crippen LogP contribution is -2.53. The van der Waals surface area contributed by atoms with Crippen molar-refractivity contribution < 1.29 is 9.59 Å². The zero-order valence-corrected chi connectivity index (χ0v) is 16.2. The van der Waals surface area contributed by atoms with E-state index in [1.54, 1.807) is 38.4 Å². The van der Waals surface area contributed by atoms with Crippen LogP contribution in [-0.4, -0.2) is 61.4 Å². The summed E-state index contributed by atoms with van der Waals surface area (Å²) in [4.78, 5) is 27.9. The molecule has 1 aliphatic rings. The average Bonchev–Trinajstić information content (AvgIpc) is 2.50. The third kappa shape index (κ3) is 5.70. The Morgan fingerprint density at radius 2 is 2.04 bits per heavy atom. The molecule has 2 amide bonds. The van der Waals surface area contributed by atoms with Crippen molar-refractivity contribution in [2.24, 2.45) is 11.1 Å². The molecule has 0 aromatic heterocycles. The van der Waals surface area contributed by atoms with Gasteiger partial charge < -0.3 is 16.0 Å². The third-order valence-electron chi connectivity index (χ3n) is 4.56. The molecule has 1 aromatic rings. The van der Waals surface area contributed by atoms with Gasteiger partial charge >= 0.3 is 0 Å².